The number of carbonyl (C=O) groups is 2. The molecule has 0 unspecified atom stereocenters. The number of benzene rings is 2. The van der Waals surface area contributed by atoms with Gasteiger partial charge < -0.3 is 15.4 Å². The van der Waals surface area contributed by atoms with Crippen molar-refractivity contribution in [2.75, 3.05) is 24.2 Å². The smallest absolute Gasteiger partial charge is 0.253 e. The number of rotatable bonds is 7. The Balaban J connectivity index is 1.65. The number of hydrogen-bond acceptors (Lipinski definition) is 5. The van der Waals surface area contributed by atoms with E-state index in [2.05, 4.69) is 10.6 Å². The van der Waals surface area contributed by atoms with E-state index >= 15 is 0 Å². The number of para-hydroxylation sites is 1. The van der Waals surface area contributed by atoms with Crippen LogP contribution >= 0.6 is 0 Å². The van der Waals surface area contributed by atoms with Crippen LogP contribution in [0.3, 0.4) is 0 Å². The van der Waals surface area contributed by atoms with Gasteiger partial charge in [0.05, 0.1) is 22.3 Å². The SMILES string of the molecule is O=C(CS(=O)(=O)c1ccccc1)Nc1ccccc1C(=O)NC[C@H]1CCCO1. The second-order valence-corrected chi connectivity index (χ2v) is 8.50. The highest BCUT2D eigenvalue weighted by atomic mass is 32.2. The first kappa shape index (κ1) is 20.0. The molecule has 3 rings (SSSR count). The van der Waals surface area contributed by atoms with Crippen LogP contribution in [0.2, 0.25) is 0 Å². The molecule has 0 aliphatic carbocycles. The first-order valence-electron chi connectivity index (χ1n) is 9.02. The molecule has 2 aromatic carbocycles. The Morgan fingerprint density at radius 1 is 1.04 bits per heavy atom. The van der Waals surface area contributed by atoms with Gasteiger partial charge in [0.2, 0.25) is 5.91 Å². The van der Waals surface area contributed by atoms with Crippen molar-refractivity contribution in [3.8, 4) is 0 Å². The monoisotopic (exact) mass is 402 g/mol. The fraction of sp³-hybridized carbons (Fsp3) is 0.300. The predicted molar refractivity (Wildman–Crippen MR) is 105 cm³/mol. The minimum absolute atomic E-state index is 0.00159. The number of anilines is 1. The van der Waals surface area contributed by atoms with Crippen LogP contribution in [-0.2, 0) is 19.4 Å². The van der Waals surface area contributed by atoms with Crippen LogP contribution in [0, 0.1) is 0 Å². The topological polar surface area (TPSA) is 102 Å². The molecule has 2 N–H and O–H groups in total. The highest BCUT2D eigenvalue weighted by Crippen LogP contribution is 2.17. The Morgan fingerprint density at radius 2 is 1.75 bits per heavy atom. The van der Waals surface area contributed by atoms with Crippen molar-refractivity contribution in [1.29, 1.82) is 0 Å². The maximum absolute atomic E-state index is 12.5. The van der Waals surface area contributed by atoms with Crippen LogP contribution < -0.4 is 10.6 Å². The molecule has 2 aromatic rings. The van der Waals surface area contributed by atoms with Crippen molar-refractivity contribution in [3.05, 3.63) is 60.2 Å². The van der Waals surface area contributed by atoms with Gasteiger partial charge in [-0.05, 0) is 37.1 Å². The lowest BCUT2D eigenvalue weighted by Crippen LogP contribution is -2.32. The molecule has 148 valence electrons. The largest absolute Gasteiger partial charge is 0.376 e. The predicted octanol–water partition coefficient (Wildman–Crippen LogP) is 2.01. The van der Waals surface area contributed by atoms with Crippen LogP contribution in [-0.4, -0.2) is 45.2 Å². The van der Waals surface area contributed by atoms with Crippen LogP contribution in [0.5, 0.6) is 0 Å². The first-order valence-corrected chi connectivity index (χ1v) is 10.7. The number of sulfone groups is 1. The van der Waals surface area contributed by atoms with E-state index in [0.717, 1.165) is 12.8 Å². The lowest BCUT2D eigenvalue weighted by atomic mass is 10.1. The van der Waals surface area contributed by atoms with Gasteiger partial charge in [-0.15, -0.1) is 0 Å². The Morgan fingerprint density at radius 3 is 2.46 bits per heavy atom. The Bertz CT molecular complexity index is 938. The maximum atomic E-state index is 12.5. The normalized spacial score (nSPS) is 16.5. The Labute approximate surface area is 164 Å². The molecule has 0 bridgehead atoms. The van der Waals surface area contributed by atoms with Crippen LogP contribution in [0.4, 0.5) is 5.69 Å². The zero-order chi connectivity index (χ0) is 20.0. The number of hydrogen-bond donors (Lipinski definition) is 2. The van der Waals surface area contributed by atoms with Crippen LogP contribution in [0.25, 0.3) is 0 Å². The summed E-state index contributed by atoms with van der Waals surface area (Å²) >= 11 is 0. The number of amides is 2. The molecule has 0 radical (unpaired) electrons. The highest BCUT2D eigenvalue weighted by molar-refractivity contribution is 7.92. The molecular formula is C20H22N2O5S. The van der Waals surface area contributed by atoms with Crippen molar-refractivity contribution in [2.24, 2.45) is 0 Å². The van der Waals surface area contributed by atoms with E-state index in [-0.39, 0.29) is 28.2 Å². The van der Waals surface area contributed by atoms with Gasteiger partial charge in [-0.25, -0.2) is 8.42 Å². The maximum Gasteiger partial charge on any atom is 0.253 e. The van der Waals surface area contributed by atoms with E-state index in [4.69, 9.17) is 4.74 Å². The second-order valence-electron chi connectivity index (χ2n) is 6.51. The summed E-state index contributed by atoms with van der Waals surface area (Å²) in [4.78, 5) is 24.9. The standard InChI is InChI=1S/C20H22N2O5S/c23-19(14-28(25,26)16-8-2-1-3-9-16)22-18-11-5-4-10-17(18)20(24)21-13-15-7-6-12-27-15/h1-5,8-11,15H,6-7,12-14H2,(H,21,24)(H,22,23)/t15-/m1/s1. The van der Waals surface area contributed by atoms with E-state index in [9.17, 15) is 18.0 Å². The molecule has 1 fully saturated rings. The zero-order valence-electron chi connectivity index (χ0n) is 15.3. The van der Waals surface area contributed by atoms with E-state index in [1.165, 1.54) is 12.1 Å². The summed E-state index contributed by atoms with van der Waals surface area (Å²) in [6.45, 7) is 1.09. The van der Waals surface area contributed by atoms with Crippen molar-refractivity contribution in [2.45, 2.75) is 23.8 Å². The van der Waals surface area contributed by atoms with Gasteiger partial charge in [0.25, 0.3) is 5.91 Å². The van der Waals surface area contributed by atoms with Gasteiger partial charge in [-0.3, -0.25) is 9.59 Å². The molecule has 1 aliphatic rings. The first-order chi connectivity index (χ1) is 13.5. The Hall–Kier alpha value is -2.71. The molecule has 0 aromatic heterocycles. The van der Waals surface area contributed by atoms with Gasteiger partial charge in [-0.2, -0.15) is 0 Å². The fourth-order valence-electron chi connectivity index (χ4n) is 2.97. The minimum Gasteiger partial charge on any atom is -0.376 e. The molecule has 1 aliphatic heterocycles. The molecule has 0 spiro atoms. The average Bonchev–Trinajstić information content (AvgIpc) is 3.20. The third-order valence-electron chi connectivity index (χ3n) is 4.38. The molecule has 8 heteroatoms. The van der Waals surface area contributed by atoms with Gasteiger partial charge in [0.1, 0.15) is 5.75 Å². The summed E-state index contributed by atoms with van der Waals surface area (Å²) in [7, 11) is -3.76. The van der Waals surface area contributed by atoms with Gasteiger partial charge in [0, 0.05) is 13.2 Å². The summed E-state index contributed by atoms with van der Waals surface area (Å²) in [5.74, 6) is -1.76. The van der Waals surface area contributed by atoms with Crippen LogP contribution in [0.1, 0.15) is 23.2 Å². The summed E-state index contributed by atoms with van der Waals surface area (Å²) in [5, 5.41) is 5.33. The molecule has 1 atom stereocenters. The summed E-state index contributed by atoms with van der Waals surface area (Å²) in [5.41, 5.74) is 0.534. The highest BCUT2D eigenvalue weighted by Gasteiger charge is 2.21. The second kappa shape index (κ2) is 8.99. The van der Waals surface area contributed by atoms with E-state index in [1.807, 2.05) is 0 Å². The Kier molecular flexibility index (Phi) is 6.43. The lowest BCUT2D eigenvalue weighted by Gasteiger charge is -2.14. The molecule has 0 saturated carbocycles. The quantitative estimate of drug-likeness (QED) is 0.738. The minimum atomic E-state index is -3.76. The molecular weight excluding hydrogens is 380 g/mol. The molecule has 7 nitrogen and oxygen atoms in total. The number of carbonyl (C=O) groups excluding carboxylic acids is 2. The van der Waals surface area contributed by atoms with Crippen molar-refractivity contribution in [3.63, 3.8) is 0 Å². The summed E-state index contributed by atoms with van der Waals surface area (Å²) in [6, 6.07) is 14.3. The van der Waals surface area contributed by atoms with E-state index in [1.54, 1.807) is 42.5 Å². The third-order valence-corrected chi connectivity index (χ3v) is 6.02. The molecule has 1 saturated heterocycles. The number of nitrogens with one attached hydrogen (secondary N) is 2. The van der Waals surface area contributed by atoms with Crippen molar-refractivity contribution in [1.82, 2.24) is 5.32 Å². The van der Waals surface area contributed by atoms with Gasteiger partial charge >= 0.3 is 0 Å². The molecule has 1 heterocycles. The summed E-state index contributed by atoms with van der Waals surface area (Å²) < 4.78 is 30.2. The van der Waals surface area contributed by atoms with Gasteiger partial charge in [0.15, 0.2) is 9.84 Å². The summed E-state index contributed by atoms with van der Waals surface area (Å²) in [6.07, 6.45) is 1.88. The average molecular weight is 402 g/mol. The molecule has 2 amide bonds. The van der Waals surface area contributed by atoms with E-state index < -0.39 is 21.5 Å². The molecule has 28 heavy (non-hydrogen) atoms. The van der Waals surface area contributed by atoms with Crippen LogP contribution in [0.15, 0.2) is 59.5 Å². The van der Waals surface area contributed by atoms with Gasteiger partial charge in [-0.1, -0.05) is 30.3 Å². The third kappa shape index (κ3) is 5.17. The fourth-order valence-corrected chi connectivity index (χ4v) is 4.12. The van der Waals surface area contributed by atoms with Crippen molar-refractivity contribution < 1.29 is 22.7 Å². The zero-order valence-corrected chi connectivity index (χ0v) is 16.1. The van der Waals surface area contributed by atoms with Crippen molar-refractivity contribution >= 4 is 27.3 Å². The van der Waals surface area contributed by atoms with E-state index in [0.29, 0.717) is 13.2 Å². The lowest BCUT2D eigenvalue weighted by molar-refractivity contribution is -0.113. The number of ether oxygens (including phenoxy) is 1.